The Kier molecular flexibility index (Phi) is 15.5. The predicted octanol–water partition coefficient (Wildman–Crippen LogP) is 6.24. The van der Waals surface area contributed by atoms with E-state index in [0.717, 1.165) is 32.0 Å². The van der Waals surface area contributed by atoms with Crippen LogP contribution in [0.5, 0.6) is 0 Å². The van der Waals surface area contributed by atoms with Crippen molar-refractivity contribution in [2.45, 2.75) is 118 Å². The Morgan fingerprint density at radius 3 is 1.72 bits per heavy atom. The van der Waals surface area contributed by atoms with Crippen molar-refractivity contribution in [3.8, 4) is 0 Å². The van der Waals surface area contributed by atoms with Crippen LogP contribution in [0.15, 0.2) is 0 Å². The number of hydrogen-bond donors (Lipinski definition) is 0. The lowest BCUT2D eigenvalue weighted by atomic mass is 10.3. The third-order valence-corrected chi connectivity index (χ3v) is 15.6. The van der Waals surface area contributed by atoms with Gasteiger partial charge in [0.1, 0.15) is 0 Å². The molecule has 0 saturated carbocycles. The fraction of sp³-hybridized carbons (Fsp3) is 0.958. The molecule has 0 N–H and O–H groups in total. The maximum Gasteiger partial charge on any atom is 0.501 e. The molecule has 0 aliphatic heterocycles. The molecule has 0 amide bonds. The molecule has 0 aromatic carbocycles. The zero-order chi connectivity index (χ0) is 24.9. The third kappa shape index (κ3) is 9.54. The second-order valence-corrected chi connectivity index (χ2v) is 17.7. The molecule has 32 heavy (non-hydrogen) atoms. The fourth-order valence-electron chi connectivity index (χ4n) is 4.78. The first kappa shape index (κ1) is 31.7. The Morgan fingerprint density at radius 2 is 1.34 bits per heavy atom. The van der Waals surface area contributed by atoms with Gasteiger partial charge in [-0.3, -0.25) is 9.69 Å². The first-order valence-corrected chi connectivity index (χ1v) is 16.9. The highest BCUT2D eigenvalue weighted by Crippen LogP contribution is 2.42. The van der Waals surface area contributed by atoms with Crippen LogP contribution in [0.4, 0.5) is 0 Å². The van der Waals surface area contributed by atoms with Crippen LogP contribution in [0, 0.1) is 0 Å². The summed E-state index contributed by atoms with van der Waals surface area (Å²) in [5.74, 6) is -0.0800. The first-order chi connectivity index (χ1) is 14.9. The zero-order valence-corrected chi connectivity index (χ0v) is 25.0. The molecule has 6 nitrogen and oxygen atoms in total. The predicted molar refractivity (Wildman–Crippen MR) is 139 cm³/mol. The molecule has 0 rings (SSSR count). The van der Waals surface area contributed by atoms with Gasteiger partial charge in [0.2, 0.25) is 0 Å². The van der Waals surface area contributed by atoms with Crippen molar-refractivity contribution in [2.24, 2.45) is 0 Å². The van der Waals surface area contributed by atoms with Gasteiger partial charge in [-0.2, -0.15) is 0 Å². The van der Waals surface area contributed by atoms with E-state index < -0.39 is 17.1 Å². The smallest absolute Gasteiger partial charge is 0.501 e. The van der Waals surface area contributed by atoms with E-state index in [1.54, 1.807) is 0 Å². The summed E-state index contributed by atoms with van der Waals surface area (Å²) in [7, 11) is -4.92. The van der Waals surface area contributed by atoms with E-state index >= 15 is 0 Å². The molecule has 1 unspecified atom stereocenters. The average Bonchev–Trinajstić information content (AvgIpc) is 2.70. The third-order valence-electron chi connectivity index (χ3n) is 6.44. The molecule has 0 heterocycles. The first-order valence-electron chi connectivity index (χ1n) is 12.8. The highest BCUT2D eigenvalue weighted by molar-refractivity contribution is 6.78. The van der Waals surface area contributed by atoms with Gasteiger partial charge in [0.15, 0.2) is 0 Å². The van der Waals surface area contributed by atoms with E-state index in [9.17, 15) is 4.79 Å². The van der Waals surface area contributed by atoms with Crippen molar-refractivity contribution >= 4 is 23.1 Å². The van der Waals surface area contributed by atoms with Crippen LogP contribution in [0.1, 0.15) is 89.0 Å². The second kappa shape index (κ2) is 15.6. The van der Waals surface area contributed by atoms with Gasteiger partial charge in [0, 0.05) is 25.4 Å². The van der Waals surface area contributed by atoms with Crippen molar-refractivity contribution in [2.75, 3.05) is 32.8 Å². The van der Waals surface area contributed by atoms with Gasteiger partial charge in [0.05, 0.1) is 6.54 Å². The molecule has 0 aliphatic carbocycles. The Hall–Kier alpha value is -0.256. The van der Waals surface area contributed by atoms with Gasteiger partial charge in [-0.05, 0) is 63.3 Å². The lowest BCUT2D eigenvalue weighted by Gasteiger charge is -2.41. The molecule has 1 atom stereocenters. The summed E-state index contributed by atoms with van der Waals surface area (Å²) < 4.78 is 24.8. The Morgan fingerprint density at radius 1 is 0.844 bits per heavy atom. The molecule has 0 bridgehead atoms. The molecule has 0 fully saturated rings. The molecule has 0 aromatic rings. The van der Waals surface area contributed by atoms with Gasteiger partial charge in [-0.25, -0.2) is 0 Å². The number of rotatable bonds is 18. The molecule has 0 aliphatic rings. The summed E-state index contributed by atoms with van der Waals surface area (Å²) in [5, 5.41) is 0. The fourth-order valence-corrected chi connectivity index (χ4v) is 12.8. The van der Waals surface area contributed by atoms with E-state index in [4.69, 9.17) is 17.7 Å². The van der Waals surface area contributed by atoms with E-state index in [0.29, 0.717) is 36.4 Å². The zero-order valence-electron chi connectivity index (χ0n) is 23.0. The SMILES string of the molecule is CCO[Si](CCCN(CC)CC(=O)O[Si](C(C)C)(C(C)C)C(C)C)(OCC)OC(C)CC. The van der Waals surface area contributed by atoms with Crippen LogP contribution in [-0.2, 0) is 22.5 Å². The summed E-state index contributed by atoms with van der Waals surface area (Å²) in [6.45, 7) is 26.6. The van der Waals surface area contributed by atoms with E-state index in [-0.39, 0.29) is 12.1 Å². The lowest BCUT2D eigenvalue weighted by Crippen LogP contribution is -2.51. The summed E-state index contributed by atoms with van der Waals surface area (Å²) in [6, 6.07) is 0.757. The molecule has 0 saturated heterocycles. The number of hydrogen-bond acceptors (Lipinski definition) is 6. The maximum absolute atomic E-state index is 13.0. The van der Waals surface area contributed by atoms with Crippen LogP contribution in [0.3, 0.4) is 0 Å². The van der Waals surface area contributed by atoms with Gasteiger partial charge in [-0.15, -0.1) is 0 Å². The Bertz CT molecular complexity index is 489. The van der Waals surface area contributed by atoms with E-state index in [1.807, 2.05) is 13.8 Å². The quantitative estimate of drug-likeness (QED) is 0.211. The van der Waals surface area contributed by atoms with Gasteiger partial charge < -0.3 is 17.7 Å². The summed E-state index contributed by atoms with van der Waals surface area (Å²) in [4.78, 5) is 15.2. The van der Waals surface area contributed by atoms with E-state index in [1.165, 1.54) is 0 Å². The minimum Gasteiger partial charge on any atom is -0.517 e. The lowest BCUT2D eigenvalue weighted by molar-refractivity contribution is -0.137. The molecule has 192 valence electrons. The number of likely N-dealkylation sites (N-methyl/N-ethyl adjacent to an activating group) is 1. The van der Waals surface area contributed by atoms with Crippen LogP contribution in [0.25, 0.3) is 0 Å². The molecular formula is C24H53NO5Si2. The minimum atomic E-state index is -2.72. The highest BCUT2D eigenvalue weighted by Gasteiger charge is 2.48. The van der Waals surface area contributed by atoms with Crippen molar-refractivity contribution in [3.05, 3.63) is 0 Å². The maximum atomic E-state index is 13.0. The molecule has 0 aromatic heterocycles. The van der Waals surface area contributed by atoms with Crippen molar-refractivity contribution in [1.29, 1.82) is 0 Å². The molecule has 8 heteroatoms. The van der Waals surface area contributed by atoms with Crippen LogP contribution < -0.4 is 0 Å². The number of carbonyl (C=O) groups is 1. The van der Waals surface area contributed by atoms with Crippen molar-refractivity contribution < 1.29 is 22.5 Å². The monoisotopic (exact) mass is 491 g/mol. The minimum absolute atomic E-state index is 0.0800. The number of carbonyl (C=O) groups excluding carboxylic acids is 1. The number of nitrogens with zero attached hydrogens (tertiary/aromatic N) is 1. The van der Waals surface area contributed by atoms with Gasteiger partial charge >= 0.3 is 14.8 Å². The topological polar surface area (TPSA) is 57.2 Å². The van der Waals surface area contributed by atoms with E-state index in [2.05, 4.69) is 67.2 Å². The summed E-state index contributed by atoms with van der Waals surface area (Å²) >= 11 is 0. The van der Waals surface area contributed by atoms with Gasteiger partial charge in [-0.1, -0.05) is 55.4 Å². The van der Waals surface area contributed by atoms with Crippen LogP contribution >= 0.6 is 0 Å². The summed E-state index contributed by atoms with van der Waals surface area (Å²) in [6.07, 6.45) is 1.90. The Balaban J connectivity index is 5.14. The van der Waals surface area contributed by atoms with Gasteiger partial charge in [0.25, 0.3) is 8.32 Å². The molecular weight excluding hydrogens is 438 g/mol. The van der Waals surface area contributed by atoms with Crippen LogP contribution in [-0.4, -0.2) is 66.9 Å². The average molecular weight is 492 g/mol. The Labute approximate surface area is 201 Å². The van der Waals surface area contributed by atoms with Crippen molar-refractivity contribution in [1.82, 2.24) is 4.90 Å². The largest absolute Gasteiger partial charge is 0.517 e. The van der Waals surface area contributed by atoms with Crippen LogP contribution in [0.2, 0.25) is 22.7 Å². The highest BCUT2D eigenvalue weighted by atomic mass is 28.4. The summed E-state index contributed by atoms with van der Waals surface area (Å²) in [5.41, 5.74) is 1.18. The normalized spacial score (nSPS) is 14.1. The molecule has 0 radical (unpaired) electrons. The second-order valence-electron chi connectivity index (χ2n) is 9.65. The molecule has 0 spiro atoms. The standard InChI is InChI=1S/C24H53NO5Si2/c1-12-23(11)29-31(27-14-3,28-15-4)18-16-17-25(13-2)19-24(26)30-32(20(5)6,21(7)8)22(9)10/h20-23H,12-19H2,1-11H3. The van der Waals surface area contributed by atoms with Crippen molar-refractivity contribution in [3.63, 3.8) is 0 Å².